The van der Waals surface area contributed by atoms with E-state index < -0.39 is 0 Å². The van der Waals surface area contributed by atoms with Gasteiger partial charge in [0, 0.05) is 12.5 Å². The third kappa shape index (κ3) is 4.47. The van der Waals surface area contributed by atoms with Gasteiger partial charge in [-0.15, -0.1) is 0 Å². The molecule has 1 aromatic carbocycles. The number of nitrogens with one attached hydrogen (secondary N) is 1. The van der Waals surface area contributed by atoms with Crippen LogP contribution in [0.2, 0.25) is 0 Å². The summed E-state index contributed by atoms with van der Waals surface area (Å²) in [6.45, 7) is 5.47. The van der Waals surface area contributed by atoms with E-state index in [0.717, 1.165) is 24.7 Å². The molecule has 0 amide bonds. The zero-order valence-electron chi connectivity index (χ0n) is 14.0. The third-order valence-electron chi connectivity index (χ3n) is 4.89. The van der Waals surface area contributed by atoms with Crippen LogP contribution in [0.25, 0.3) is 0 Å². The van der Waals surface area contributed by atoms with Crippen LogP contribution in [0.15, 0.2) is 18.2 Å². The maximum Gasteiger partial charge on any atom is 0.122 e. The second kappa shape index (κ2) is 8.43. The molecule has 1 aliphatic heterocycles. The monoisotopic (exact) mass is 289 g/mol. The van der Waals surface area contributed by atoms with E-state index in [-0.39, 0.29) is 0 Å². The summed E-state index contributed by atoms with van der Waals surface area (Å²) in [4.78, 5) is 0. The lowest BCUT2D eigenvalue weighted by molar-refractivity contribution is 0.317. The van der Waals surface area contributed by atoms with Crippen LogP contribution in [-0.2, 0) is 12.8 Å². The predicted octanol–water partition coefficient (Wildman–Crippen LogP) is 4.36. The highest BCUT2D eigenvalue weighted by molar-refractivity contribution is 5.39. The van der Waals surface area contributed by atoms with Gasteiger partial charge in [-0.2, -0.15) is 0 Å². The van der Waals surface area contributed by atoms with Crippen LogP contribution in [0.3, 0.4) is 0 Å². The predicted molar refractivity (Wildman–Crippen MR) is 90.1 cm³/mol. The third-order valence-corrected chi connectivity index (χ3v) is 4.89. The molecular formula is C19H31NO. The fourth-order valence-electron chi connectivity index (χ4n) is 3.49. The van der Waals surface area contributed by atoms with E-state index in [0.29, 0.717) is 6.04 Å². The van der Waals surface area contributed by atoms with Gasteiger partial charge in [0.15, 0.2) is 0 Å². The largest absolute Gasteiger partial charge is 0.493 e. The van der Waals surface area contributed by atoms with Crippen LogP contribution in [0.1, 0.15) is 57.1 Å². The summed E-state index contributed by atoms with van der Waals surface area (Å²) in [5, 5.41) is 3.56. The molecule has 1 heterocycles. The minimum Gasteiger partial charge on any atom is -0.493 e. The van der Waals surface area contributed by atoms with Crippen molar-refractivity contribution in [1.29, 1.82) is 0 Å². The molecule has 0 saturated carbocycles. The molecule has 0 aromatic heterocycles. The first-order valence-corrected chi connectivity index (χ1v) is 8.70. The number of hydrogen-bond donors (Lipinski definition) is 1. The highest BCUT2D eigenvalue weighted by Crippen LogP contribution is 2.27. The number of unbranched alkanes of at least 4 members (excludes halogenated alkanes) is 1. The summed E-state index contributed by atoms with van der Waals surface area (Å²) in [5.74, 6) is 1.91. The van der Waals surface area contributed by atoms with Crippen molar-refractivity contribution in [3.8, 4) is 5.75 Å². The SMILES string of the molecule is CCCCC(CC)C(CCc1ccc2c(c1)CCO2)NC. The molecule has 2 atom stereocenters. The quantitative estimate of drug-likeness (QED) is 0.729. The minimum absolute atomic E-state index is 0.644. The maximum absolute atomic E-state index is 5.59. The Balaban J connectivity index is 1.89. The minimum atomic E-state index is 0.644. The Morgan fingerprint density at radius 3 is 2.81 bits per heavy atom. The molecule has 21 heavy (non-hydrogen) atoms. The molecule has 0 aliphatic carbocycles. The average Bonchev–Trinajstić information content (AvgIpc) is 2.98. The Morgan fingerprint density at radius 2 is 2.10 bits per heavy atom. The van der Waals surface area contributed by atoms with E-state index in [9.17, 15) is 0 Å². The number of fused-ring (bicyclic) bond motifs is 1. The second-order valence-corrected chi connectivity index (χ2v) is 6.28. The van der Waals surface area contributed by atoms with Gasteiger partial charge >= 0.3 is 0 Å². The van der Waals surface area contributed by atoms with Crippen molar-refractivity contribution >= 4 is 0 Å². The van der Waals surface area contributed by atoms with Crippen molar-refractivity contribution in [3.05, 3.63) is 29.3 Å². The highest BCUT2D eigenvalue weighted by Gasteiger charge is 2.18. The van der Waals surface area contributed by atoms with Crippen molar-refractivity contribution in [2.45, 2.75) is 64.8 Å². The molecular weight excluding hydrogens is 258 g/mol. The molecule has 1 aromatic rings. The van der Waals surface area contributed by atoms with Crippen molar-refractivity contribution in [3.63, 3.8) is 0 Å². The zero-order chi connectivity index (χ0) is 15.1. The lowest BCUT2D eigenvalue weighted by Crippen LogP contribution is -2.33. The molecule has 0 radical (unpaired) electrons. The molecule has 0 saturated heterocycles. The summed E-state index contributed by atoms with van der Waals surface area (Å²) in [6.07, 6.45) is 8.77. The van der Waals surface area contributed by atoms with Crippen LogP contribution in [0, 0.1) is 5.92 Å². The van der Waals surface area contributed by atoms with Crippen molar-refractivity contribution in [1.82, 2.24) is 5.32 Å². The molecule has 0 bridgehead atoms. The van der Waals surface area contributed by atoms with E-state index in [4.69, 9.17) is 4.74 Å². The highest BCUT2D eigenvalue weighted by atomic mass is 16.5. The van der Waals surface area contributed by atoms with Crippen molar-refractivity contribution in [2.24, 2.45) is 5.92 Å². The van der Waals surface area contributed by atoms with Crippen LogP contribution in [0.4, 0.5) is 0 Å². The number of hydrogen-bond acceptors (Lipinski definition) is 2. The van der Waals surface area contributed by atoms with Gasteiger partial charge in [0.05, 0.1) is 6.61 Å². The fraction of sp³-hybridized carbons (Fsp3) is 0.684. The lowest BCUT2D eigenvalue weighted by Gasteiger charge is -2.26. The van der Waals surface area contributed by atoms with Crippen LogP contribution in [-0.4, -0.2) is 19.7 Å². The number of rotatable bonds is 9. The maximum atomic E-state index is 5.59. The molecule has 2 heteroatoms. The van der Waals surface area contributed by atoms with E-state index in [2.05, 4.69) is 44.4 Å². The number of benzene rings is 1. The first-order valence-electron chi connectivity index (χ1n) is 8.70. The van der Waals surface area contributed by atoms with Crippen LogP contribution >= 0.6 is 0 Å². The van der Waals surface area contributed by atoms with Gasteiger partial charge in [-0.1, -0.05) is 45.2 Å². The smallest absolute Gasteiger partial charge is 0.122 e. The Kier molecular flexibility index (Phi) is 6.56. The van der Waals surface area contributed by atoms with Gasteiger partial charge in [0.2, 0.25) is 0 Å². The van der Waals surface area contributed by atoms with E-state index in [1.165, 1.54) is 49.7 Å². The second-order valence-electron chi connectivity index (χ2n) is 6.28. The first-order chi connectivity index (χ1) is 10.3. The van der Waals surface area contributed by atoms with Crippen LogP contribution < -0.4 is 10.1 Å². The van der Waals surface area contributed by atoms with E-state index >= 15 is 0 Å². The zero-order valence-corrected chi connectivity index (χ0v) is 14.0. The van der Waals surface area contributed by atoms with Gasteiger partial charge < -0.3 is 10.1 Å². The van der Waals surface area contributed by atoms with E-state index in [1.807, 2.05) is 0 Å². The molecule has 118 valence electrons. The van der Waals surface area contributed by atoms with Gasteiger partial charge in [0.1, 0.15) is 5.75 Å². The average molecular weight is 289 g/mol. The summed E-state index contributed by atoms with van der Waals surface area (Å²) in [6, 6.07) is 7.39. The Morgan fingerprint density at radius 1 is 1.24 bits per heavy atom. The molecule has 0 fully saturated rings. The topological polar surface area (TPSA) is 21.3 Å². The van der Waals surface area contributed by atoms with Gasteiger partial charge in [0.25, 0.3) is 0 Å². The molecule has 2 rings (SSSR count). The van der Waals surface area contributed by atoms with Crippen LogP contribution in [0.5, 0.6) is 5.75 Å². The molecule has 1 N–H and O–H groups in total. The molecule has 2 nitrogen and oxygen atoms in total. The Hall–Kier alpha value is -1.02. The van der Waals surface area contributed by atoms with Gasteiger partial charge in [-0.3, -0.25) is 0 Å². The van der Waals surface area contributed by atoms with Gasteiger partial charge in [-0.25, -0.2) is 0 Å². The fourth-order valence-corrected chi connectivity index (χ4v) is 3.49. The van der Waals surface area contributed by atoms with Crippen molar-refractivity contribution in [2.75, 3.05) is 13.7 Å². The summed E-state index contributed by atoms with van der Waals surface area (Å²) in [7, 11) is 2.12. The number of ether oxygens (including phenoxy) is 1. The first kappa shape index (κ1) is 16.4. The summed E-state index contributed by atoms with van der Waals surface area (Å²) >= 11 is 0. The number of aryl methyl sites for hydroxylation is 1. The normalized spacial score (nSPS) is 16.3. The molecule has 0 spiro atoms. The lowest BCUT2D eigenvalue weighted by atomic mass is 9.87. The van der Waals surface area contributed by atoms with Gasteiger partial charge in [-0.05, 0) is 49.4 Å². The molecule has 1 aliphatic rings. The Bertz CT molecular complexity index is 430. The Labute approximate surface area is 130 Å². The summed E-state index contributed by atoms with van der Waals surface area (Å²) < 4.78 is 5.59. The summed E-state index contributed by atoms with van der Waals surface area (Å²) in [5.41, 5.74) is 2.86. The van der Waals surface area contributed by atoms with E-state index in [1.54, 1.807) is 0 Å². The molecule has 2 unspecified atom stereocenters. The standard InChI is InChI=1S/C19H31NO/c1-4-6-7-16(5-2)18(20-3)10-8-15-9-11-19-17(14-15)12-13-21-19/h9,11,14,16,18,20H,4-8,10,12-13H2,1-3H3. The van der Waals surface area contributed by atoms with Crippen molar-refractivity contribution < 1.29 is 4.74 Å².